The van der Waals surface area contributed by atoms with Crippen LogP contribution in [0.2, 0.25) is 0 Å². The van der Waals surface area contributed by atoms with E-state index in [4.69, 9.17) is 0 Å². The minimum Gasteiger partial charge on any atom is -0.356 e. The van der Waals surface area contributed by atoms with Gasteiger partial charge < -0.3 is 14.4 Å². The third-order valence-corrected chi connectivity index (χ3v) is 5.75. The van der Waals surface area contributed by atoms with Crippen molar-refractivity contribution in [1.29, 1.82) is 0 Å². The standard InChI is InChI=1S/C21H29N5O/c1-16(2)26-13-9-22-20(26)18-6-5-12-25(15-18)19-8-7-17(14-23-19)21(27)24-10-3-4-11-24/h7-9,13-14,16,18H,3-6,10-12,15H2,1-2H3. The molecule has 0 spiro atoms. The second-order valence-electron chi connectivity index (χ2n) is 7.98. The van der Waals surface area contributed by atoms with E-state index in [0.29, 0.717) is 17.5 Å². The molecular weight excluding hydrogens is 338 g/mol. The van der Waals surface area contributed by atoms with Crippen molar-refractivity contribution in [3.63, 3.8) is 0 Å². The molecule has 144 valence electrons. The third kappa shape index (κ3) is 3.70. The Hall–Kier alpha value is -2.37. The molecule has 0 bridgehead atoms. The average Bonchev–Trinajstić information content (AvgIpc) is 3.39. The van der Waals surface area contributed by atoms with E-state index in [1.54, 1.807) is 6.20 Å². The number of nitrogens with zero attached hydrogens (tertiary/aromatic N) is 5. The predicted octanol–water partition coefficient (Wildman–Crippen LogP) is 3.48. The Morgan fingerprint density at radius 1 is 1.11 bits per heavy atom. The molecule has 6 nitrogen and oxygen atoms in total. The molecule has 2 fully saturated rings. The van der Waals surface area contributed by atoms with E-state index in [-0.39, 0.29) is 5.91 Å². The highest BCUT2D eigenvalue weighted by atomic mass is 16.2. The van der Waals surface area contributed by atoms with E-state index in [0.717, 1.165) is 57.7 Å². The van der Waals surface area contributed by atoms with Crippen molar-refractivity contribution >= 4 is 11.7 Å². The van der Waals surface area contributed by atoms with Crippen molar-refractivity contribution < 1.29 is 4.79 Å². The summed E-state index contributed by atoms with van der Waals surface area (Å²) < 4.78 is 2.28. The van der Waals surface area contributed by atoms with Gasteiger partial charge in [0.1, 0.15) is 11.6 Å². The fourth-order valence-corrected chi connectivity index (χ4v) is 4.28. The number of likely N-dealkylation sites (tertiary alicyclic amines) is 1. The second kappa shape index (κ2) is 7.71. The van der Waals surface area contributed by atoms with Gasteiger partial charge in [-0.1, -0.05) is 0 Å². The Labute approximate surface area is 161 Å². The molecule has 0 saturated carbocycles. The van der Waals surface area contributed by atoms with E-state index >= 15 is 0 Å². The molecule has 0 radical (unpaired) electrons. The molecule has 0 aliphatic carbocycles. The van der Waals surface area contributed by atoms with Crippen LogP contribution in [-0.4, -0.2) is 51.5 Å². The predicted molar refractivity (Wildman–Crippen MR) is 106 cm³/mol. The summed E-state index contributed by atoms with van der Waals surface area (Å²) in [5.74, 6) is 2.67. The number of hydrogen-bond donors (Lipinski definition) is 0. The SMILES string of the molecule is CC(C)n1ccnc1C1CCCN(c2ccc(C(=O)N3CCCC3)cn2)C1. The highest BCUT2D eigenvalue weighted by molar-refractivity contribution is 5.94. The zero-order valence-electron chi connectivity index (χ0n) is 16.3. The van der Waals surface area contributed by atoms with Crippen LogP contribution in [0.15, 0.2) is 30.7 Å². The van der Waals surface area contributed by atoms with Crippen LogP contribution in [0, 0.1) is 0 Å². The molecule has 0 N–H and O–H groups in total. The topological polar surface area (TPSA) is 54.3 Å². The van der Waals surface area contributed by atoms with E-state index in [2.05, 4.69) is 39.5 Å². The van der Waals surface area contributed by atoms with Crippen LogP contribution in [0.25, 0.3) is 0 Å². The highest BCUT2D eigenvalue weighted by Gasteiger charge is 2.26. The van der Waals surface area contributed by atoms with Crippen molar-refractivity contribution in [3.8, 4) is 0 Å². The first kappa shape index (κ1) is 18.0. The van der Waals surface area contributed by atoms with E-state index in [1.165, 1.54) is 5.82 Å². The molecule has 1 atom stereocenters. The first-order chi connectivity index (χ1) is 13.1. The average molecular weight is 367 g/mol. The number of carbonyl (C=O) groups is 1. The van der Waals surface area contributed by atoms with Crippen LogP contribution in [0.5, 0.6) is 0 Å². The summed E-state index contributed by atoms with van der Waals surface area (Å²) in [5, 5.41) is 0. The summed E-state index contributed by atoms with van der Waals surface area (Å²) >= 11 is 0. The summed E-state index contributed by atoms with van der Waals surface area (Å²) in [6.45, 7) is 8.07. The minimum atomic E-state index is 0.113. The second-order valence-corrected chi connectivity index (χ2v) is 7.98. The summed E-state index contributed by atoms with van der Waals surface area (Å²) in [6, 6.07) is 4.36. The third-order valence-electron chi connectivity index (χ3n) is 5.75. The number of piperidine rings is 1. The first-order valence-corrected chi connectivity index (χ1v) is 10.2. The zero-order valence-corrected chi connectivity index (χ0v) is 16.3. The van der Waals surface area contributed by atoms with Gasteiger partial charge in [0, 0.05) is 56.7 Å². The van der Waals surface area contributed by atoms with Gasteiger partial charge in [0.15, 0.2) is 0 Å². The van der Waals surface area contributed by atoms with Gasteiger partial charge in [-0.15, -0.1) is 0 Å². The number of hydrogen-bond acceptors (Lipinski definition) is 4. The molecule has 6 heteroatoms. The molecule has 1 unspecified atom stereocenters. The van der Waals surface area contributed by atoms with Crippen LogP contribution in [0.1, 0.15) is 67.7 Å². The molecule has 4 heterocycles. The Morgan fingerprint density at radius 2 is 1.93 bits per heavy atom. The Morgan fingerprint density at radius 3 is 2.63 bits per heavy atom. The van der Waals surface area contributed by atoms with Crippen molar-refractivity contribution in [2.24, 2.45) is 0 Å². The number of pyridine rings is 1. The van der Waals surface area contributed by atoms with Gasteiger partial charge in [-0.05, 0) is 51.7 Å². The van der Waals surface area contributed by atoms with Crippen molar-refractivity contribution in [3.05, 3.63) is 42.1 Å². The molecule has 2 aliphatic rings. The normalized spacial score (nSPS) is 20.5. The van der Waals surface area contributed by atoms with Crippen LogP contribution in [0.3, 0.4) is 0 Å². The van der Waals surface area contributed by atoms with E-state index in [1.807, 2.05) is 23.2 Å². The molecule has 27 heavy (non-hydrogen) atoms. The van der Waals surface area contributed by atoms with Gasteiger partial charge in [-0.3, -0.25) is 4.79 Å². The van der Waals surface area contributed by atoms with Gasteiger partial charge >= 0.3 is 0 Å². The zero-order chi connectivity index (χ0) is 18.8. The lowest BCUT2D eigenvalue weighted by Gasteiger charge is -2.34. The Bertz CT molecular complexity index is 776. The van der Waals surface area contributed by atoms with Crippen molar-refractivity contribution in [1.82, 2.24) is 19.4 Å². The Kier molecular flexibility index (Phi) is 5.14. The van der Waals surface area contributed by atoms with E-state index < -0.39 is 0 Å². The van der Waals surface area contributed by atoms with Crippen LogP contribution in [-0.2, 0) is 0 Å². The molecule has 2 saturated heterocycles. The van der Waals surface area contributed by atoms with Crippen LogP contribution < -0.4 is 4.90 Å². The molecule has 0 aromatic carbocycles. The fourth-order valence-electron chi connectivity index (χ4n) is 4.28. The lowest BCUT2D eigenvalue weighted by Crippen LogP contribution is -2.36. The van der Waals surface area contributed by atoms with E-state index in [9.17, 15) is 4.79 Å². The lowest BCUT2D eigenvalue weighted by atomic mass is 9.97. The van der Waals surface area contributed by atoms with Crippen LogP contribution >= 0.6 is 0 Å². The maximum absolute atomic E-state index is 12.5. The van der Waals surface area contributed by atoms with Gasteiger partial charge in [0.2, 0.25) is 0 Å². The fraction of sp³-hybridized carbons (Fsp3) is 0.571. The van der Waals surface area contributed by atoms with Crippen LogP contribution in [0.4, 0.5) is 5.82 Å². The number of rotatable bonds is 4. The molecule has 1 amide bonds. The summed E-state index contributed by atoms with van der Waals surface area (Å²) in [5.41, 5.74) is 0.699. The highest BCUT2D eigenvalue weighted by Crippen LogP contribution is 2.29. The largest absolute Gasteiger partial charge is 0.356 e. The minimum absolute atomic E-state index is 0.113. The monoisotopic (exact) mass is 367 g/mol. The first-order valence-electron chi connectivity index (χ1n) is 10.2. The summed E-state index contributed by atoms with van der Waals surface area (Å²) in [4.78, 5) is 26.0. The van der Waals surface area contributed by atoms with Gasteiger partial charge in [-0.25, -0.2) is 9.97 Å². The molecule has 2 aliphatic heterocycles. The maximum atomic E-state index is 12.5. The van der Waals surface area contributed by atoms with Crippen molar-refractivity contribution in [2.75, 3.05) is 31.1 Å². The number of imidazole rings is 1. The van der Waals surface area contributed by atoms with Crippen molar-refractivity contribution in [2.45, 2.75) is 51.5 Å². The van der Waals surface area contributed by atoms with Gasteiger partial charge in [0.05, 0.1) is 5.56 Å². The molecule has 4 rings (SSSR count). The maximum Gasteiger partial charge on any atom is 0.255 e. The number of carbonyl (C=O) groups excluding carboxylic acids is 1. The molecular formula is C21H29N5O. The van der Waals surface area contributed by atoms with Gasteiger partial charge in [-0.2, -0.15) is 0 Å². The molecule has 2 aromatic heterocycles. The van der Waals surface area contributed by atoms with Gasteiger partial charge in [0.25, 0.3) is 5.91 Å². The number of amides is 1. The lowest BCUT2D eigenvalue weighted by molar-refractivity contribution is 0.0792. The molecule has 2 aromatic rings. The quantitative estimate of drug-likeness (QED) is 0.830. The summed E-state index contributed by atoms with van der Waals surface area (Å²) in [7, 11) is 0. The summed E-state index contributed by atoms with van der Waals surface area (Å²) in [6.07, 6.45) is 10.2. The number of aromatic nitrogens is 3. The smallest absolute Gasteiger partial charge is 0.255 e. The number of anilines is 1. The Balaban J connectivity index is 1.46.